The molecule has 66 valence electrons. The quantitative estimate of drug-likeness (QED) is 0.577. The molecule has 1 saturated heterocycles. The molecule has 1 aliphatic rings. The summed E-state index contributed by atoms with van der Waals surface area (Å²) in [5.74, 6) is 0. The highest BCUT2D eigenvalue weighted by Crippen LogP contribution is 1.97. The van der Waals surface area contributed by atoms with E-state index in [4.69, 9.17) is 0 Å². The van der Waals surface area contributed by atoms with Gasteiger partial charge in [-0.15, -0.1) is 0 Å². The molecule has 1 aliphatic heterocycles. The van der Waals surface area contributed by atoms with Crippen molar-refractivity contribution in [3.8, 4) is 0 Å². The second kappa shape index (κ2) is 3.48. The first-order valence-electron chi connectivity index (χ1n) is 3.43. The molecule has 0 aromatic rings. The lowest BCUT2D eigenvalue weighted by atomic mass is 10.4. The average molecular weight is 180 g/mol. The van der Waals surface area contributed by atoms with E-state index in [1.807, 2.05) is 0 Å². The Hall–Kier alpha value is -0.170. The Morgan fingerprint density at radius 2 is 1.91 bits per heavy atom. The number of hydroxylamine groups is 2. The van der Waals surface area contributed by atoms with Crippen LogP contribution in [0.3, 0.4) is 0 Å². The van der Waals surface area contributed by atoms with Crippen LogP contribution >= 0.6 is 0 Å². The van der Waals surface area contributed by atoms with Gasteiger partial charge in [-0.1, -0.05) is 0 Å². The number of rotatable bonds is 2. The lowest BCUT2D eigenvalue weighted by molar-refractivity contribution is -0.0588. The first-order valence-corrected chi connectivity index (χ1v) is 5.25. The standard InChI is InChI=1S/C5H12N2O3S/c1-11(8,9)10-7-4-2-6-3-5-7/h6H,2-5H2,1H3. The lowest BCUT2D eigenvalue weighted by Gasteiger charge is -2.24. The average Bonchev–Trinajstić information content (AvgIpc) is 1.85. The summed E-state index contributed by atoms with van der Waals surface area (Å²) in [5.41, 5.74) is 0. The van der Waals surface area contributed by atoms with Crippen molar-refractivity contribution in [2.75, 3.05) is 32.4 Å². The second-order valence-electron chi connectivity index (χ2n) is 2.46. The Labute approximate surface area is 66.4 Å². The molecule has 0 atom stereocenters. The summed E-state index contributed by atoms with van der Waals surface area (Å²) in [6.45, 7) is 2.78. The van der Waals surface area contributed by atoms with Gasteiger partial charge in [0.15, 0.2) is 0 Å². The van der Waals surface area contributed by atoms with E-state index in [0.717, 1.165) is 19.3 Å². The Bertz CT molecular complexity index is 208. The van der Waals surface area contributed by atoms with Crippen molar-refractivity contribution >= 4 is 10.1 Å². The highest BCUT2D eigenvalue weighted by Gasteiger charge is 2.14. The van der Waals surface area contributed by atoms with Gasteiger partial charge in [0.05, 0.1) is 6.26 Å². The molecule has 1 rings (SSSR count). The Balaban J connectivity index is 2.36. The fraction of sp³-hybridized carbons (Fsp3) is 1.00. The van der Waals surface area contributed by atoms with Gasteiger partial charge in [0.2, 0.25) is 0 Å². The molecule has 0 unspecified atom stereocenters. The maximum Gasteiger partial charge on any atom is 0.280 e. The van der Waals surface area contributed by atoms with Crippen molar-refractivity contribution in [1.82, 2.24) is 10.4 Å². The molecule has 6 heteroatoms. The van der Waals surface area contributed by atoms with Gasteiger partial charge in [-0.3, -0.25) is 0 Å². The zero-order valence-corrected chi connectivity index (χ0v) is 7.23. The van der Waals surface area contributed by atoms with Crippen LogP contribution in [-0.2, 0) is 14.4 Å². The number of hydrogen-bond donors (Lipinski definition) is 1. The van der Waals surface area contributed by atoms with Crippen LogP contribution in [0.25, 0.3) is 0 Å². The maximum atomic E-state index is 10.6. The molecular formula is C5H12N2O3S. The molecule has 0 spiro atoms. The van der Waals surface area contributed by atoms with Crippen molar-refractivity contribution in [3.63, 3.8) is 0 Å². The fourth-order valence-electron chi connectivity index (χ4n) is 0.910. The van der Waals surface area contributed by atoms with Gasteiger partial charge in [-0.2, -0.15) is 17.8 Å². The SMILES string of the molecule is CS(=O)(=O)ON1CCNCC1. The third-order valence-electron chi connectivity index (χ3n) is 1.32. The van der Waals surface area contributed by atoms with Crippen LogP contribution in [0.5, 0.6) is 0 Å². The predicted octanol–water partition coefficient (Wildman–Crippen LogP) is -1.22. The van der Waals surface area contributed by atoms with Crippen molar-refractivity contribution in [1.29, 1.82) is 0 Å². The number of piperazine rings is 1. The Morgan fingerprint density at radius 3 is 2.36 bits per heavy atom. The van der Waals surface area contributed by atoms with Gasteiger partial charge in [0, 0.05) is 26.2 Å². The Morgan fingerprint density at radius 1 is 1.36 bits per heavy atom. The minimum atomic E-state index is -3.33. The third-order valence-corrected chi connectivity index (χ3v) is 1.80. The van der Waals surface area contributed by atoms with Crippen LogP contribution in [0.4, 0.5) is 0 Å². The summed E-state index contributed by atoms with van der Waals surface area (Å²) in [4.78, 5) is 0. The van der Waals surface area contributed by atoms with Crippen LogP contribution < -0.4 is 5.32 Å². The molecule has 0 amide bonds. The fourth-order valence-corrected chi connectivity index (χ4v) is 1.44. The van der Waals surface area contributed by atoms with E-state index in [-0.39, 0.29) is 0 Å². The minimum absolute atomic E-state index is 0.618. The van der Waals surface area contributed by atoms with E-state index in [1.165, 1.54) is 5.06 Å². The zero-order valence-electron chi connectivity index (χ0n) is 6.41. The van der Waals surface area contributed by atoms with Crippen LogP contribution in [0.1, 0.15) is 0 Å². The highest BCUT2D eigenvalue weighted by atomic mass is 32.2. The van der Waals surface area contributed by atoms with Crippen LogP contribution in [-0.4, -0.2) is 45.9 Å². The van der Waals surface area contributed by atoms with Gasteiger partial charge in [0.25, 0.3) is 10.1 Å². The molecule has 1 heterocycles. The highest BCUT2D eigenvalue weighted by molar-refractivity contribution is 7.85. The number of hydrogen-bond acceptors (Lipinski definition) is 5. The number of nitrogens with one attached hydrogen (secondary N) is 1. The predicted molar refractivity (Wildman–Crippen MR) is 40.4 cm³/mol. The first-order chi connectivity index (χ1) is 5.08. The summed E-state index contributed by atoms with van der Waals surface area (Å²) in [5, 5.41) is 4.53. The van der Waals surface area contributed by atoms with Crippen molar-refractivity contribution in [2.24, 2.45) is 0 Å². The summed E-state index contributed by atoms with van der Waals surface area (Å²) < 4.78 is 25.9. The molecule has 0 aromatic heterocycles. The van der Waals surface area contributed by atoms with Crippen molar-refractivity contribution < 1.29 is 12.7 Å². The lowest BCUT2D eigenvalue weighted by Crippen LogP contribution is -2.44. The zero-order chi connectivity index (χ0) is 8.32. The summed E-state index contributed by atoms with van der Waals surface area (Å²) in [6.07, 6.45) is 1.05. The van der Waals surface area contributed by atoms with E-state index in [9.17, 15) is 8.42 Å². The van der Waals surface area contributed by atoms with E-state index in [1.54, 1.807) is 0 Å². The van der Waals surface area contributed by atoms with E-state index >= 15 is 0 Å². The summed E-state index contributed by atoms with van der Waals surface area (Å²) in [6, 6.07) is 0. The monoisotopic (exact) mass is 180 g/mol. The van der Waals surface area contributed by atoms with Crippen molar-refractivity contribution in [3.05, 3.63) is 0 Å². The second-order valence-corrected chi connectivity index (χ2v) is 4.01. The summed E-state index contributed by atoms with van der Waals surface area (Å²) >= 11 is 0. The molecule has 0 bridgehead atoms. The molecule has 11 heavy (non-hydrogen) atoms. The first kappa shape index (κ1) is 8.92. The van der Waals surface area contributed by atoms with Gasteiger partial charge in [-0.05, 0) is 0 Å². The summed E-state index contributed by atoms with van der Waals surface area (Å²) in [7, 11) is -3.33. The number of nitrogens with zero attached hydrogens (tertiary/aromatic N) is 1. The van der Waals surface area contributed by atoms with Gasteiger partial charge in [0.1, 0.15) is 0 Å². The third kappa shape index (κ3) is 3.66. The van der Waals surface area contributed by atoms with Gasteiger partial charge >= 0.3 is 0 Å². The molecule has 0 aromatic carbocycles. The molecular weight excluding hydrogens is 168 g/mol. The molecule has 0 saturated carbocycles. The van der Waals surface area contributed by atoms with E-state index in [0.29, 0.717) is 13.1 Å². The van der Waals surface area contributed by atoms with Crippen molar-refractivity contribution in [2.45, 2.75) is 0 Å². The molecule has 5 nitrogen and oxygen atoms in total. The molecule has 0 aliphatic carbocycles. The minimum Gasteiger partial charge on any atom is -0.314 e. The van der Waals surface area contributed by atoms with Gasteiger partial charge < -0.3 is 5.32 Å². The van der Waals surface area contributed by atoms with Crippen LogP contribution in [0.2, 0.25) is 0 Å². The topological polar surface area (TPSA) is 58.6 Å². The Kier molecular flexibility index (Phi) is 2.83. The van der Waals surface area contributed by atoms with E-state index in [2.05, 4.69) is 9.60 Å². The maximum absolute atomic E-state index is 10.6. The van der Waals surface area contributed by atoms with Crippen LogP contribution in [0.15, 0.2) is 0 Å². The molecule has 0 radical (unpaired) electrons. The van der Waals surface area contributed by atoms with Gasteiger partial charge in [-0.25, -0.2) is 0 Å². The van der Waals surface area contributed by atoms with Crippen LogP contribution in [0, 0.1) is 0 Å². The normalized spacial score (nSPS) is 21.9. The largest absolute Gasteiger partial charge is 0.314 e. The van der Waals surface area contributed by atoms with E-state index < -0.39 is 10.1 Å². The molecule has 1 N–H and O–H groups in total. The molecule has 1 fully saturated rings. The smallest absolute Gasteiger partial charge is 0.280 e.